The second-order valence-electron chi connectivity index (χ2n) is 3.46. The molecule has 1 saturated heterocycles. The Morgan fingerprint density at radius 3 is 2.87 bits per heavy atom. The smallest absolute Gasteiger partial charge is 0.322 e. The van der Waals surface area contributed by atoms with Gasteiger partial charge in [0.05, 0.1) is 18.2 Å². The molecule has 2 rings (SSSR count). The maximum atomic E-state index is 11.8. The van der Waals surface area contributed by atoms with Gasteiger partial charge in [-0.2, -0.15) is 0 Å². The van der Waals surface area contributed by atoms with Crippen LogP contribution in [0, 0.1) is 6.92 Å². The molecule has 2 amide bonds. The normalized spacial score (nSPS) is 16.5. The van der Waals surface area contributed by atoms with Crippen molar-refractivity contribution < 1.29 is 9.53 Å². The van der Waals surface area contributed by atoms with E-state index in [0.29, 0.717) is 26.3 Å². The highest BCUT2D eigenvalue weighted by Gasteiger charge is 2.17. The van der Waals surface area contributed by atoms with Crippen LogP contribution in [-0.2, 0) is 4.74 Å². The minimum atomic E-state index is -0.0242. The number of nitrogens with one attached hydrogen (secondary N) is 1. The van der Waals surface area contributed by atoms with Gasteiger partial charge < -0.3 is 9.64 Å². The number of amides is 2. The lowest BCUT2D eigenvalue weighted by Crippen LogP contribution is -2.43. The standard InChI is InChI=1S/C10H14N2O2S/c1-8-2-7-15-9(8)11-10(13)12-3-5-14-6-4-12/h2,7H,3-6H2,1H3,(H,11,13). The Balaban J connectivity index is 1.94. The van der Waals surface area contributed by atoms with Gasteiger partial charge in [-0.15, -0.1) is 11.3 Å². The fourth-order valence-corrected chi connectivity index (χ4v) is 2.25. The molecule has 0 aliphatic carbocycles. The molecule has 1 aliphatic rings. The van der Waals surface area contributed by atoms with Gasteiger partial charge in [0, 0.05) is 13.1 Å². The third-order valence-electron chi connectivity index (χ3n) is 2.38. The van der Waals surface area contributed by atoms with Crippen LogP contribution in [0.1, 0.15) is 5.56 Å². The van der Waals surface area contributed by atoms with E-state index < -0.39 is 0 Å². The minimum Gasteiger partial charge on any atom is -0.378 e. The van der Waals surface area contributed by atoms with Crippen molar-refractivity contribution in [2.45, 2.75) is 6.92 Å². The molecule has 0 aromatic carbocycles. The average molecular weight is 226 g/mol. The molecule has 0 atom stereocenters. The fourth-order valence-electron chi connectivity index (χ4n) is 1.44. The van der Waals surface area contributed by atoms with Gasteiger partial charge in [0.1, 0.15) is 0 Å². The van der Waals surface area contributed by atoms with Crippen LogP contribution in [-0.4, -0.2) is 37.2 Å². The molecule has 1 fully saturated rings. The third-order valence-corrected chi connectivity index (χ3v) is 3.31. The number of nitrogens with zero attached hydrogens (tertiary/aromatic N) is 1. The van der Waals surface area contributed by atoms with E-state index >= 15 is 0 Å². The first kappa shape index (κ1) is 10.4. The number of ether oxygens (including phenoxy) is 1. The number of hydrogen-bond donors (Lipinski definition) is 1. The van der Waals surface area contributed by atoms with Gasteiger partial charge in [0.15, 0.2) is 0 Å². The zero-order valence-corrected chi connectivity index (χ0v) is 9.47. The van der Waals surface area contributed by atoms with Gasteiger partial charge in [-0.25, -0.2) is 4.79 Å². The molecule has 1 aromatic heterocycles. The summed E-state index contributed by atoms with van der Waals surface area (Å²) in [5, 5.41) is 5.82. The van der Waals surface area contributed by atoms with E-state index in [0.717, 1.165) is 10.6 Å². The molecule has 15 heavy (non-hydrogen) atoms. The quantitative estimate of drug-likeness (QED) is 0.795. The van der Waals surface area contributed by atoms with Gasteiger partial charge in [0.25, 0.3) is 0 Å². The largest absolute Gasteiger partial charge is 0.378 e. The van der Waals surface area contributed by atoms with E-state index in [1.165, 1.54) is 0 Å². The molecule has 0 unspecified atom stereocenters. The van der Waals surface area contributed by atoms with Gasteiger partial charge >= 0.3 is 6.03 Å². The number of morpholine rings is 1. The summed E-state index contributed by atoms with van der Waals surface area (Å²) in [5.41, 5.74) is 1.11. The van der Waals surface area contributed by atoms with Crippen LogP contribution in [0.4, 0.5) is 9.80 Å². The number of urea groups is 1. The predicted molar refractivity (Wildman–Crippen MR) is 60.5 cm³/mol. The number of thiophene rings is 1. The number of hydrogen-bond acceptors (Lipinski definition) is 3. The van der Waals surface area contributed by atoms with Gasteiger partial charge in [-0.3, -0.25) is 5.32 Å². The van der Waals surface area contributed by atoms with Crippen LogP contribution < -0.4 is 5.32 Å². The van der Waals surface area contributed by atoms with Crippen molar-refractivity contribution in [3.05, 3.63) is 17.0 Å². The van der Waals surface area contributed by atoms with Crippen molar-refractivity contribution in [2.75, 3.05) is 31.6 Å². The van der Waals surface area contributed by atoms with Crippen molar-refractivity contribution in [2.24, 2.45) is 0 Å². The zero-order valence-electron chi connectivity index (χ0n) is 8.66. The summed E-state index contributed by atoms with van der Waals surface area (Å²) < 4.78 is 5.19. The van der Waals surface area contributed by atoms with Crippen LogP contribution >= 0.6 is 11.3 Å². The molecule has 2 heterocycles. The Morgan fingerprint density at radius 2 is 2.27 bits per heavy atom. The summed E-state index contributed by atoms with van der Waals surface area (Å²) in [6.07, 6.45) is 0. The highest BCUT2D eigenvalue weighted by molar-refractivity contribution is 7.14. The highest BCUT2D eigenvalue weighted by atomic mass is 32.1. The Bertz CT molecular complexity index is 345. The third kappa shape index (κ3) is 2.49. The number of anilines is 1. The second-order valence-corrected chi connectivity index (χ2v) is 4.38. The van der Waals surface area contributed by atoms with E-state index in [1.807, 2.05) is 18.4 Å². The molecule has 0 spiro atoms. The van der Waals surface area contributed by atoms with Gasteiger partial charge in [-0.05, 0) is 23.9 Å². The van der Waals surface area contributed by atoms with Crippen LogP contribution in [0.5, 0.6) is 0 Å². The van der Waals surface area contributed by atoms with Crippen molar-refractivity contribution in [3.63, 3.8) is 0 Å². The predicted octanol–water partition coefficient (Wildman–Crippen LogP) is 1.92. The van der Waals surface area contributed by atoms with Crippen LogP contribution in [0.3, 0.4) is 0 Å². The molecule has 4 nitrogen and oxygen atoms in total. The lowest BCUT2D eigenvalue weighted by molar-refractivity contribution is 0.0565. The summed E-state index contributed by atoms with van der Waals surface area (Å²) in [6.45, 7) is 4.62. The first-order valence-corrected chi connectivity index (χ1v) is 5.83. The van der Waals surface area contributed by atoms with E-state index in [9.17, 15) is 4.79 Å². The minimum absolute atomic E-state index is 0.0242. The molecule has 0 saturated carbocycles. The molecular weight excluding hydrogens is 212 g/mol. The zero-order chi connectivity index (χ0) is 10.7. The number of aryl methyl sites for hydroxylation is 1. The number of rotatable bonds is 1. The first-order chi connectivity index (χ1) is 7.27. The van der Waals surface area contributed by atoms with Crippen molar-refractivity contribution in [1.29, 1.82) is 0 Å². The first-order valence-electron chi connectivity index (χ1n) is 4.95. The average Bonchev–Trinajstić information content (AvgIpc) is 2.66. The monoisotopic (exact) mass is 226 g/mol. The summed E-state index contributed by atoms with van der Waals surface area (Å²) in [7, 11) is 0. The topological polar surface area (TPSA) is 41.6 Å². The molecule has 1 aliphatic heterocycles. The van der Waals surface area contributed by atoms with E-state index in [2.05, 4.69) is 5.32 Å². The van der Waals surface area contributed by atoms with Gasteiger partial charge in [0.2, 0.25) is 0 Å². The molecule has 82 valence electrons. The molecule has 5 heteroatoms. The maximum Gasteiger partial charge on any atom is 0.322 e. The van der Waals surface area contributed by atoms with Crippen LogP contribution in [0.15, 0.2) is 11.4 Å². The molecule has 0 radical (unpaired) electrons. The fraction of sp³-hybridized carbons (Fsp3) is 0.500. The SMILES string of the molecule is Cc1ccsc1NC(=O)N1CCOCC1. The van der Waals surface area contributed by atoms with E-state index in [-0.39, 0.29) is 6.03 Å². The highest BCUT2D eigenvalue weighted by Crippen LogP contribution is 2.22. The summed E-state index contributed by atoms with van der Waals surface area (Å²) in [4.78, 5) is 13.6. The van der Waals surface area contributed by atoms with Crippen molar-refractivity contribution >= 4 is 22.4 Å². The lowest BCUT2D eigenvalue weighted by atomic mass is 10.4. The Hall–Kier alpha value is -1.07. The number of carbonyl (C=O) groups is 1. The summed E-state index contributed by atoms with van der Waals surface area (Å²) in [5.74, 6) is 0. The summed E-state index contributed by atoms with van der Waals surface area (Å²) >= 11 is 1.55. The molecule has 1 N–H and O–H groups in total. The van der Waals surface area contributed by atoms with E-state index in [1.54, 1.807) is 16.2 Å². The second kappa shape index (κ2) is 4.63. The van der Waals surface area contributed by atoms with Crippen LogP contribution in [0.25, 0.3) is 0 Å². The molecule has 1 aromatic rings. The Morgan fingerprint density at radius 1 is 1.53 bits per heavy atom. The van der Waals surface area contributed by atoms with Crippen molar-refractivity contribution in [1.82, 2.24) is 4.90 Å². The number of carbonyl (C=O) groups excluding carboxylic acids is 1. The maximum absolute atomic E-state index is 11.8. The molecular formula is C10H14N2O2S. The molecule has 0 bridgehead atoms. The Labute approximate surface area is 92.8 Å². The van der Waals surface area contributed by atoms with Crippen LogP contribution in [0.2, 0.25) is 0 Å². The summed E-state index contributed by atoms with van der Waals surface area (Å²) in [6, 6.07) is 1.98. The van der Waals surface area contributed by atoms with Gasteiger partial charge in [-0.1, -0.05) is 0 Å². The van der Waals surface area contributed by atoms with Crippen molar-refractivity contribution in [3.8, 4) is 0 Å². The van der Waals surface area contributed by atoms with E-state index in [4.69, 9.17) is 4.74 Å². The Kier molecular flexibility index (Phi) is 3.23. The lowest BCUT2D eigenvalue weighted by Gasteiger charge is -2.26.